The molecule has 7 heteroatoms. The Morgan fingerprint density at radius 2 is 1.92 bits per heavy atom. The highest BCUT2D eigenvalue weighted by Crippen LogP contribution is 2.22. The average molecular weight is 361 g/mol. The highest BCUT2D eigenvalue weighted by molar-refractivity contribution is 6.21. The third kappa shape index (κ3) is 3.94. The zero-order valence-electron chi connectivity index (χ0n) is 15.0. The zero-order chi connectivity index (χ0) is 18.5. The Balaban J connectivity index is 1.67. The van der Waals surface area contributed by atoms with Gasteiger partial charge < -0.3 is 14.4 Å². The van der Waals surface area contributed by atoms with E-state index >= 15 is 0 Å². The van der Waals surface area contributed by atoms with Crippen LogP contribution in [0.3, 0.4) is 0 Å². The van der Waals surface area contributed by atoms with E-state index in [4.69, 9.17) is 9.47 Å². The number of benzene rings is 1. The lowest BCUT2D eigenvalue weighted by molar-refractivity contribution is -0.922. The van der Waals surface area contributed by atoms with Gasteiger partial charge in [0.25, 0.3) is 5.91 Å². The van der Waals surface area contributed by atoms with Crippen molar-refractivity contribution in [3.63, 3.8) is 0 Å². The van der Waals surface area contributed by atoms with Gasteiger partial charge in [0.05, 0.1) is 37.5 Å². The summed E-state index contributed by atoms with van der Waals surface area (Å²) in [6, 6.07) is 6.11. The molecule has 1 aromatic rings. The molecule has 2 aliphatic rings. The number of morpholine rings is 1. The van der Waals surface area contributed by atoms with Gasteiger partial charge in [-0.05, 0) is 30.7 Å². The van der Waals surface area contributed by atoms with Gasteiger partial charge in [-0.25, -0.2) is 9.69 Å². The number of carbonyl (C=O) groups is 3. The molecule has 0 aromatic heterocycles. The minimum Gasteiger partial charge on any atom is -0.462 e. The van der Waals surface area contributed by atoms with Gasteiger partial charge >= 0.3 is 5.97 Å². The first-order chi connectivity index (χ1) is 12.6. The van der Waals surface area contributed by atoms with Crippen LogP contribution in [0.1, 0.15) is 36.5 Å². The van der Waals surface area contributed by atoms with Crippen molar-refractivity contribution >= 4 is 23.5 Å². The van der Waals surface area contributed by atoms with Gasteiger partial charge in [0.2, 0.25) is 5.91 Å². The Kier molecular flexibility index (Phi) is 6.00. The summed E-state index contributed by atoms with van der Waals surface area (Å²) in [5.41, 5.74) is 0.916. The molecule has 2 aliphatic heterocycles. The molecule has 140 valence electrons. The molecule has 7 nitrogen and oxygen atoms in total. The molecule has 2 amide bonds. The van der Waals surface area contributed by atoms with Gasteiger partial charge in [-0.2, -0.15) is 0 Å². The predicted octanol–water partition coefficient (Wildman–Crippen LogP) is 0.191. The molecule has 2 saturated heterocycles. The number of anilines is 1. The van der Waals surface area contributed by atoms with Crippen LogP contribution in [0.4, 0.5) is 5.69 Å². The average Bonchev–Trinajstić information content (AvgIpc) is 2.97. The number of hydrogen-bond donors (Lipinski definition) is 1. The summed E-state index contributed by atoms with van der Waals surface area (Å²) in [4.78, 5) is 39.5. The first-order valence-electron chi connectivity index (χ1n) is 9.18. The third-order valence-corrected chi connectivity index (χ3v) is 4.87. The van der Waals surface area contributed by atoms with E-state index < -0.39 is 0 Å². The number of imide groups is 1. The Morgan fingerprint density at radius 3 is 2.58 bits per heavy atom. The van der Waals surface area contributed by atoms with Gasteiger partial charge in [0.15, 0.2) is 6.04 Å². The molecule has 0 bridgehead atoms. The van der Waals surface area contributed by atoms with E-state index in [1.165, 1.54) is 4.90 Å². The smallest absolute Gasteiger partial charge is 0.338 e. The van der Waals surface area contributed by atoms with E-state index in [0.717, 1.165) is 30.8 Å². The highest BCUT2D eigenvalue weighted by atomic mass is 16.5. The number of unbranched alkanes of at least 4 members (excludes halogenated alkanes) is 1. The number of hydrogen-bond acceptors (Lipinski definition) is 5. The summed E-state index contributed by atoms with van der Waals surface area (Å²) in [6.45, 7) is 5.12. The number of ether oxygens (including phenoxy) is 2. The highest BCUT2D eigenvalue weighted by Gasteiger charge is 2.46. The topological polar surface area (TPSA) is 77.3 Å². The largest absolute Gasteiger partial charge is 0.462 e. The van der Waals surface area contributed by atoms with E-state index in [2.05, 4.69) is 0 Å². The molecule has 0 radical (unpaired) electrons. The Hall–Kier alpha value is -2.25. The Bertz CT molecular complexity index is 667. The van der Waals surface area contributed by atoms with Gasteiger partial charge in [0.1, 0.15) is 13.1 Å². The van der Waals surface area contributed by atoms with Gasteiger partial charge in [0, 0.05) is 0 Å². The van der Waals surface area contributed by atoms with Crippen molar-refractivity contribution in [3.8, 4) is 0 Å². The number of carbonyl (C=O) groups excluding carboxylic acids is 3. The third-order valence-electron chi connectivity index (χ3n) is 4.87. The number of esters is 1. The first-order valence-corrected chi connectivity index (χ1v) is 9.18. The Labute approximate surface area is 152 Å². The van der Waals surface area contributed by atoms with Gasteiger partial charge in [-0.3, -0.25) is 9.59 Å². The summed E-state index contributed by atoms with van der Waals surface area (Å²) in [5.74, 6) is -0.762. The van der Waals surface area contributed by atoms with Crippen LogP contribution in [0.25, 0.3) is 0 Å². The first kappa shape index (κ1) is 18.5. The van der Waals surface area contributed by atoms with Crippen LogP contribution < -0.4 is 9.80 Å². The van der Waals surface area contributed by atoms with Crippen molar-refractivity contribution in [2.24, 2.45) is 0 Å². The number of quaternary nitrogens is 1. The van der Waals surface area contributed by atoms with Crippen LogP contribution in [0, 0.1) is 0 Å². The van der Waals surface area contributed by atoms with Crippen molar-refractivity contribution in [2.75, 3.05) is 37.8 Å². The number of amides is 2. The van der Waals surface area contributed by atoms with Crippen LogP contribution in [0.15, 0.2) is 24.3 Å². The maximum absolute atomic E-state index is 12.8. The lowest BCUT2D eigenvalue weighted by Crippen LogP contribution is -3.18. The van der Waals surface area contributed by atoms with Crippen LogP contribution >= 0.6 is 0 Å². The molecule has 0 unspecified atom stereocenters. The Morgan fingerprint density at radius 1 is 1.23 bits per heavy atom. The summed E-state index contributed by atoms with van der Waals surface area (Å²) in [5, 5.41) is 0. The molecule has 1 N–H and O–H groups in total. The van der Waals surface area contributed by atoms with Crippen molar-refractivity contribution in [2.45, 2.75) is 32.2 Å². The van der Waals surface area contributed by atoms with Crippen molar-refractivity contribution < 1.29 is 28.8 Å². The minimum atomic E-state index is -0.389. The second kappa shape index (κ2) is 8.42. The number of nitrogens with one attached hydrogen (secondary N) is 1. The van der Waals surface area contributed by atoms with Crippen molar-refractivity contribution in [1.82, 2.24) is 0 Å². The lowest BCUT2D eigenvalue weighted by Gasteiger charge is -2.27. The molecule has 2 heterocycles. The number of nitrogens with zero attached hydrogens (tertiary/aromatic N) is 1. The fourth-order valence-electron chi connectivity index (χ4n) is 3.34. The molecular weight excluding hydrogens is 336 g/mol. The molecule has 26 heavy (non-hydrogen) atoms. The second-order valence-electron chi connectivity index (χ2n) is 6.63. The SMILES string of the molecule is CCCCOC(=O)c1ccc(N2C(=O)C[C@@H]([NH+]3CCOCC3)C2=O)cc1. The van der Waals surface area contributed by atoms with E-state index in [0.29, 0.717) is 31.1 Å². The fourth-order valence-corrected chi connectivity index (χ4v) is 3.34. The van der Waals surface area contributed by atoms with Gasteiger partial charge in [-0.1, -0.05) is 13.3 Å². The molecule has 0 saturated carbocycles. The van der Waals surface area contributed by atoms with E-state index in [9.17, 15) is 14.4 Å². The standard InChI is InChI=1S/C19H24N2O5/c1-2-3-10-26-19(24)14-4-6-15(7-5-14)21-17(22)13-16(18(21)23)20-8-11-25-12-9-20/h4-7,16H,2-3,8-13H2,1H3/p+1/t16-/m1/s1. The normalized spacial score (nSPS) is 21.3. The van der Waals surface area contributed by atoms with E-state index in [1.807, 2.05) is 6.92 Å². The molecule has 2 fully saturated rings. The molecule has 1 aromatic carbocycles. The maximum Gasteiger partial charge on any atom is 0.338 e. The predicted molar refractivity (Wildman–Crippen MR) is 94.0 cm³/mol. The lowest BCUT2D eigenvalue weighted by atomic mass is 10.2. The quantitative estimate of drug-likeness (QED) is 0.445. The van der Waals surface area contributed by atoms with Gasteiger partial charge in [-0.15, -0.1) is 0 Å². The van der Waals surface area contributed by atoms with Crippen molar-refractivity contribution in [1.29, 1.82) is 0 Å². The summed E-state index contributed by atoms with van der Waals surface area (Å²) < 4.78 is 10.5. The van der Waals surface area contributed by atoms with Crippen LogP contribution in [0.5, 0.6) is 0 Å². The van der Waals surface area contributed by atoms with E-state index in [-0.39, 0.29) is 30.2 Å². The maximum atomic E-state index is 12.8. The zero-order valence-corrected chi connectivity index (χ0v) is 15.0. The van der Waals surface area contributed by atoms with Crippen molar-refractivity contribution in [3.05, 3.63) is 29.8 Å². The second-order valence-corrected chi connectivity index (χ2v) is 6.63. The molecular formula is C19H25N2O5+. The molecule has 3 rings (SSSR count). The molecule has 0 spiro atoms. The monoisotopic (exact) mass is 361 g/mol. The molecule has 0 aliphatic carbocycles. The number of rotatable bonds is 6. The molecule has 1 atom stereocenters. The summed E-state index contributed by atoms with van der Waals surface area (Å²) in [7, 11) is 0. The fraction of sp³-hybridized carbons (Fsp3) is 0.526. The van der Waals surface area contributed by atoms with Crippen LogP contribution in [0.2, 0.25) is 0 Å². The summed E-state index contributed by atoms with van der Waals surface area (Å²) in [6.07, 6.45) is 2.00. The van der Waals surface area contributed by atoms with Crippen LogP contribution in [-0.4, -0.2) is 56.7 Å². The minimum absolute atomic E-state index is 0.176. The van der Waals surface area contributed by atoms with E-state index in [1.54, 1.807) is 24.3 Å². The summed E-state index contributed by atoms with van der Waals surface area (Å²) >= 11 is 0. The van der Waals surface area contributed by atoms with Crippen LogP contribution in [-0.2, 0) is 19.1 Å².